The van der Waals surface area contributed by atoms with Gasteiger partial charge in [0, 0.05) is 11.3 Å². The second-order valence-electron chi connectivity index (χ2n) is 4.95. The van der Waals surface area contributed by atoms with E-state index in [1.54, 1.807) is 12.1 Å². The van der Waals surface area contributed by atoms with E-state index in [1.165, 1.54) is 11.3 Å². The zero-order valence-electron chi connectivity index (χ0n) is 11.9. The first kappa shape index (κ1) is 15.5. The Morgan fingerprint density at radius 1 is 1.33 bits per heavy atom. The van der Waals surface area contributed by atoms with Crippen LogP contribution in [0, 0.1) is 0 Å². The third-order valence-electron chi connectivity index (χ3n) is 3.34. The van der Waals surface area contributed by atoms with Gasteiger partial charge in [0.1, 0.15) is 5.75 Å². The van der Waals surface area contributed by atoms with Gasteiger partial charge in [0.2, 0.25) is 0 Å². The standard InChI is InChI=1S/C16H20N2O2S/c1-2-3-4-13(20)9-14(15-10-21-16(17)18-15)11-5-7-12(19)8-6-11/h2-3,5-8,10,13-14,19-20H,4,9H2,1H3,(H2,17,18)/b3-2+. The van der Waals surface area contributed by atoms with E-state index < -0.39 is 6.10 Å². The van der Waals surface area contributed by atoms with Crippen molar-refractivity contribution < 1.29 is 10.2 Å². The van der Waals surface area contributed by atoms with Crippen LogP contribution in [0.3, 0.4) is 0 Å². The van der Waals surface area contributed by atoms with Crippen molar-refractivity contribution in [1.82, 2.24) is 4.98 Å². The minimum Gasteiger partial charge on any atom is -0.508 e. The highest BCUT2D eigenvalue weighted by molar-refractivity contribution is 7.13. The monoisotopic (exact) mass is 304 g/mol. The highest BCUT2D eigenvalue weighted by Gasteiger charge is 2.20. The van der Waals surface area contributed by atoms with Crippen molar-refractivity contribution in [2.24, 2.45) is 0 Å². The number of aromatic nitrogens is 1. The second kappa shape index (κ2) is 7.24. The molecule has 4 nitrogen and oxygen atoms in total. The average Bonchev–Trinajstić information content (AvgIpc) is 2.90. The maximum absolute atomic E-state index is 10.2. The maximum Gasteiger partial charge on any atom is 0.180 e. The van der Waals surface area contributed by atoms with Gasteiger partial charge in [0.05, 0.1) is 11.8 Å². The molecule has 1 aromatic carbocycles. The Bertz CT molecular complexity index is 593. The zero-order chi connectivity index (χ0) is 15.2. The zero-order valence-corrected chi connectivity index (χ0v) is 12.8. The molecule has 2 aromatic rings. The van der Waals surface area contributed by atoms with Crippen LogP contribution in [0.25, 0.3) is 0 Å². The number of benzene rings is 1. The smallest absolute Gasteiger partial charge is 0.180 e. The molecule has 0 aliphatic carbocycles. The van der Waals surface area contributed by atoms with Crippen LogP contribution in [0.4, 0.5) is 5.13 Å². The number of nitrogen functional groups attached to an aromatic ring is 1. The molecule has 2 unspecified atom stereocenters. The molecule has 4 N–H and O–H groups in total. The SMILES string of the molecule is C/C=C/CC(O)CC(c1ccc(O)cc1)c1csc(N)n1. The first-order valence-electron chi connectivity index (χ1n) is 6.89. The van der Waals surface area contributed by atoms with Gasteiger partial charge in [-0.3, -0.25) is 0 Å². The van der Waals surface area contributed by atoms with Crippen molar-refractivity contribution in [3.63, 3.8) is 0 Å². The average molecular weight is 304 g/mol. The maximum atomic E-state index is 10.2. The quantitative estimate of drug-likeness (QED) is 0.716. The van der Waals surface area contributed by atoms with E-state index in [4.69, 9.17) is 5.73 Å². The molecule has 112 valence electrons. The van der Waals surface area contributed by atoms with E-state index in [1.807, 2.05) is 36.6 Å². The summed E-state index contributed by atoms with van der Waals surface area (Å²) in [5, 5.41) is 22.0. The van der Waals surface area contributed by atoms with Crippen molar-refractivity contribution >= 4 is 16.5 Å². The summed E-state index contributed by atoms with van der Waals surface area (Å²) in [6.07, 6.45) is 4.62. The number of aliphatic hydroxyl groups excluding tert-OH is 1. The van der Waals surface area contributed by atoms with Crippen LogP contribution in [0.5, 0.6) is 5.75 Å². The number of aliphatic hydroxyl groups is 1. The van der Waals surface area contributed by atoms with Crippen molar-refractivity contribution in [3.8, 4) is 5.75 Å². The summed E-state index contributed by atoms with van der Waals surface area (Å²) in [4.78, 5) is 4.35. The fourth-order valence-corrected chi connectivity index (χ4v) is 2.87. The second-order valence-corrected chi connectivity index (χ2v) is 5.84. The predicted molar refractivity (Wildman–Crippen MR) is 86.5 cm³/mol. The van der Waals surface area contributed by atoms with Crippen LogP contribution in [0.1, 0.15) is 36.9 Å². The molecule has 1 heterocycles. The predicted octanol–water partition coefficient (Wildman–Crippen LogP) is 3.28. The van der Waals surface area contributed by atoms with Crippen LogP contribution in [-0.4, -0.2) is 21.3 Å². The molecule has 1 aromatic heterocycles. The Balaban J connectivity index is 2.24. The summed E-state index contributed by atoms with van der Waals surface area (Å²) >= 11 is 1.40. The fourth-order valence-electron chi connectivity index (χ4n) is 2.26. The molecule has 2 rings (SSSR count). The molecule has 0 aliphatic rings. The molecule has 21 heavy (non-hydrogen) atoms. The number of thiazole rings is 1. The molecule has 0 saturated heterocycles. The molecule has 0 amide bonds. The summed E-state index contributed by atoms with van der Waals surface area (Å²) in [6, 6.07) is 7.02. The van der Waals surface area contributed by atoms with Gasteiger partial charge < -0.3 is 15.9 Å². The van der Waals surface area contributed by atoms with Crippen molar-refractivity contribution in [1.29, 1.82) is 0 Å². The van der Waals surface area contributed by atoms with Gasteiger partial charge in [-0.15, -0.1) is 11.3 Å². The van der Waals surface area contributed by atoms with Crippen LogP contribution < -0.4 is 5.73 Å². The number of phenols is 1. The van der Waals surface area contributed by atoms with Gasteiger partial charge in [0.15, 0.2) is 5.13 Å². The molecule has 0 spiro atoms. The third-order valence-corrected chi connectivity index (χ3v) is 4.04. The first-order chi connectivity index (χ1) is 10.1. The fraction of sp³-hybridized carbons (Fsp3) is 0.312. The van der Waals surface area contributed by atoms with Crippen molar-refractivity contribution in [2.75, 3.05) is 5.73 Å². The number of allylic oxidation sites excluding steroid dienone is 1. The van der Waals surface area contributed by atoms with Gasteiger partial charge in [-0.05, 0) is 37.5 Å². The van der Waals surface area contributed by atoms with Crippen LogP contribution in [-0.2, 0) is 0 Å². The Kier molecular flexibility index (Phi) is 5.36. The number of nitrogens with two attached hydrogens (primary N) is 1. The van der Waals surface area contributed by atoms with Crippen LogP contribution in [0.2, 0.25) is 0 Å². The lowest BCUT2D eigenvalue weighted by molar-refractivity contribution is 0.162. The number of hydrogen-bond donors (Lipinski definition) is 3. The lowest BCUT2D eigenvalue weighted by Gasteiger charge is -2.18. The molecular formula is C16H20N2O2S. The number of anilines is 1. The van der Waals surface area contributed by atoms with Gasteiger partial charge >= 0.3 is 0 Å². The number of phenolic OH excluding ortho intramolecular Hbond substituents is 1. The van der Waals surface area contributed by atoms with Crippen molar-refractivity contribution in [3.05, 3.63) is 53.1 Å². The van der Waals surface area contributed by atoms with Gasteiger partial charge in [-0.1, -0.05) is 24.3 Å². The van der Waals surface area contributed by atoms with E-state index >= 15 is 0 Å². The summed E-state index contributed by atoms with van der Waals surface area (Å²) in [5.74, 6) is 0.198. The van der Waals surface area contributed by atoms with Gasteiger partial charge in [-0.2, -0.15) is 0 Å². The summed E-state index contributed by atoms with van der Waals surface area (Å²) in [7, 11) is 0. The molecule has 0 fully saturated rings. The lowest BCUT2D eigenvalue weighted by atomic mass is 9.90. The summed E-state index contributed by atoms with van der Waals surface area (Å²) in [6.45, 7) is 1.94. The van der Waals surface area contributed by atoms with E-state index in [2.05, 4.69) is 4.98 Å². The summed E-state index contributed by atoms with van der Waals surface area (Å²) in [5.41, 5.74) is 7.60. The van der Waals surface area contributed by atoms with Gasteiger partial charge in [-0.25, -0.2) is 4.98 Å². The van der Waals surface area contributed by atoms with E-state index in [-0.39, 0.29) is 11.7 Å². The Labute approximate surface area is 128 Å². The summed E-state index contributed by atoms with van der Waals surface area (Å²) < 4.78 is 0. The van der Waals surface area contributed by atoms with Crippen LogP contribution in [0.15, 0.2) is 41.8 Å². The first-order valence-corrected chi connectivity index (χ1v) is 7.77. The minimum atomic E-state index is -0.442. The van der Waals surface area contributed by atoms with E-state index in [0.29, 0.717) is 18.0 Å². The van der Waals surface area contributed by atoms with Crippen molar-refractivity contribution in [2.45, 2.75) is 31.8 Å². The highest BCUT2D eigenvalue weighted by atomic mass is 32.1. The number of aromatic hydroxyl groups is 1. The molecular weight excluding hydrogens is 284 g/mol. The highest BCUT2D eigenvalue weighted by Crippen LogP contribution is 2.32. The topological polar surface area (TPSA) is 79.4 Å². The molecule has 5 heteroatoms. The van der Waals surface area contributed by atoms with Crippen LogP contribution >= 0.6 is 11.3 Å². The van der Waals surface area contributed by atoms with E-state index in [9.17, 15) is 10.2 Å². The Hall–Kier alpha value is -1.85. The number of rotatable bonds is 6. The molecule has 0 radical (unpaired) electrons. The number of nitrogens with zero attached hydrogens (tertiary/aromatic N) is 1. The largest absolute Gasteiger partial charge is 0.508 e. The normalized spacial score (nSPS) is 14.4. The molecule has 0 aliphatic heterocycles. The molecule has 0 bridgehead atoms. The van der Waals surface area contributed by atoms with Gasteiger partial charge in [0.25, 0.3) is 0 Å². The Morgan fingerprint density at radius 2 is 2.05 bits per heavy atom. The Morgan fingerprint density at radius 3 is 2.62 bits per heavy atom. The minimum absolute atomic E-state index is 0.0283. The number of hydrogen-bond acceptors (Lipinski definition) is 5. The molecule has 2 atom stereocenters. The third kappa shape index (κ3) is 4.31. The molecule has 0 saturated carbocycles. The van der Waals surface area contributed by atoms with E-state index in [0.717, 1.165) is 11.3 Å². The lowest BCUT2D eigenvalue weighted by Crippen LogP contribution is -2.13.